The first-order chi connectivity index (χ1) is 7.29. The number of carbonyl (C=O) groups is 1. The Morgan fingerprint density at radius 2 is 1.93 bits per heavy atom. The summed E-state index contributed by atoms with van der Waals surface area (Å²) in [6.07, 6.45) is 0.178. The monoisotopic (exact) mass is 226 g/mol. The van der Waals surface area contributed by atoms with Crippen LogP contribution in [-0.2, 0) is 9.53 Å². The first-order valence-corrected chi connectivity index (χ1v) is 6.04. The Labute approximate surface area is 89.1 Å². The fourth-order valence-corrected chi connectivity index (χ4v) is 2.42. The van der Waals surface area contributed by atoms with E-state index in [2.05, 4.69) is 0 Å². The Kier molecular flexibility index (Phi) is 3.07. The van der Waals surface area contributed by atoms with Crippen LogP contribution in [0.25, 0.3) is 0 Å². The number of para-hydroxylation sites is 2. The minimum absolute atomic E-state index is 0.178. The zero-order valence-electron chi connectivity index (χ0n) is 8.30. The molecule has 1 aromatic carbocycles. The van der Waals surface area contributed by atoms with E-state index in [9.17, 15) is 4.79 Å². The van der Waals surface area contributed by atoms with E-state index in [-0.39, 0.29) is 12.1 Å². The van der Waals surface area contributed by atoms with Crippen LogP contribution in [0.1, 0.15) is 6.92 Å². The fourth-order valence-electron chi connectivity index (χ4n) is 1.22. The quantitative estimate of drug-likeness (QED) is 0.586. The summed E-state index contributed by atoms with van der Waals surface area (Å²) < 4.78 is 15.8. The number of esters is 1. The lowest BCUT2D eigenvalue weighted by molar-refractivity contribution is -0.140. The van der Waals surface area contributed by atoms with Gasteiger partial charge in [-0.05, 0) is 19.1 Å². The Morgan fingerprint density at radius 3 is 2.47 bits per heavy atom. The maximum Gasteiger partial charge on any atom is 0.317 e. The fraction of sp³-hybridized carbons (Fsp3) is 0.300. The van der Waals surface area contributed by atoms with Crippen LogP contribution in [0, 0.1) is 0 Å². The molecule has 0 spiro atoms. The van der Waals surface area contributed by atoms with Crippen LogP contribution < -0.4 is 9.05 Å². The molecule has 1 heterocycles. The van der Waals surface area contributed by atoms with Gasteiger partial charge < -0.3 is 13.8 Å². The molecular weight excluding hydrogens is 215 g/mol. The minimum atomic E-state index is -1.20. The molecule has 0 atom stereocenters. The van der Waals surface area contributed by atoms with Crippen molar-refractivity contribution < 1.29 is 18.6 Å². The Morgan fingerprint density at radius 1 is 1.33 bits per heavy atom. The van der Waals surface area contributed by atoms with E-state index in [1.807, 2.05) is 24.3 Å². The molecule has 0 bridgehead atoms. The Hall–Kier alpha value is -1.28. The summed E-state index contributed by atoms with van der Waals surface area (Å²) in [7, 11) is -1.20. The lowest BCUT2D eigenvalue weighted by atomic mass is 10.3. The van der Waals surface area contributed by atoms with E-state index in [0.717, 1.165) is 0 Å². The smallest absolute Gasteiger partial charge is 0.317 e. The van der Waals surface area contributed by atoms with Crippen molar-refractivity contribution in [2.45, 2.75) is 6.92 Å². The Balaban J connectivity index is 1.93. The summed E-state index contributed by atoms with van der Waals surface area (Å²) in [5.74, 6) is 1.12. The van der Waals surface area contributed by atoms with E-state index in [1.54, 1.807) is 6.92 Å². The Bertz CT molecular complexity index is 341. The van der Waals surface area contributed by atoms with Gasteiger partial charge in [0, 0.05) is 0 Å². The van der Waals surface area contributed by atoms with Gasteiger partial charge in [0.15, 0.2) is 11.5 Å². The third-order valence-electron chi connectivity index (χ3n) is 1.81. The second kappa shape index (κ2) is 4.49. The van der Waals surface area contributed by atoms with E-state index in [1.165, 1.54) is 0 Å². The van der Waals surface area contributed by atoms with E-state index < -0.39 is 8.38 Å². The van der Waals surface area contributed by atoms with Crippen molar-refractivity contribution in [2.24, 2.45) is 0 Å². The van der Waals surface area contributed by atoms with Crippen molar-refractivity contribution >= 4 is 14.3 Å². The third kappa shape index (κ3) is 2.39. The average Bonchev–Trinajstić information content (AvgIpc) is 2.59. The number of rotatable bonds is 3. The maximum absolute atomic E-state index is 11.2. The predicted octanol–water partition coefficient (Wildman–Crippen LogP) is 2.33. The summed E-state index contributed by atoms with van der Waals surface area (Å²) >= 11 is 0. The molecule has 0 N–H and O–H groups in total. The van der Waals surface area contributed by atoms with Gasteiger partial charge in [0.1, 0.15) is 6.16 Å². The summed E-state index contributed by atoms with van der Waals surface area (Å²) in [6.45, 7) is 2.16. The largest absolute Gasteiger partial charge is 0.466 e. The van der Waals surface area contributed by atoms with Gasteiger partial charge in [-0.3, -0.25) is 4.79 Å². The zero-order chi connectivity index (χ0) is 10.7. The second-order valence-electron chi connectivity index (χ2n) is 2.93. The van der Waals surface area contributed by atoms with Crippen LogP contribution in [0.3, 0.4) is 0 Å². The molecule has 0 aromatic heterocycles. The normalized spacial score (nSPS) is 13.9. The molecule has 0 fully saturated rings. The third-order valence-corrected chi connectivity index (χ3v) is 3.13. The zero-order valence-corrected chi connectivity index (χ0v) is 9.20. The summed E-state index contributed by atoms with van der Waals surface area (Å²) in [5, 5.41) is 0. The van der Waals surface area contributed by atoms with Crippen LogP contribution in [-0.4, -0.2) is 18.7 Å². The van der Waals surface area contributed by atoms with Gasteiger partial charge in [-0.2, -0.15) is 0 Å². The highest BCUT2D eigenvalue weighted by Gasteiger charge is 2.28. The lowest BCUT2D eigenvalue weighted by Gasteiger charge is -2.06. The van der Waals surface area contributed by atoms with Crippen LogP contribution in [0.15, 0.2) is 24.3 Å². The van der Waals surface area contributed by atoms with Crippen LogP contribution in [0.2, 0.25) is 0 Å². The maximum atomic E-state index is 11.2. The van der Waals surface area contributed by atoms with Crippen molar-refractivity contribution in [1.82, 2.24) is 0 Å². The van der Waals surface area contributed by atoms with Crippen molar-refractivity contribution in [2.75, 3.05) is 12.8 Å². The molecule has 80 valence electrons. The van der Waals surface area contributed by atoms with Gasteiger partial charge >= 0.3 is 14.3 Å². The summed E-state index contributed by atoms with van der Waals surface area (Å²) in [5.41, 5.74) is 0. The molecule has 5 heteroatoms. The average molecular weight is 226 g/mol. The summed E-state index contributed by atoms with van der Waals surface area (Å²) in [6, 6.07) is 7.38. The number of carbonyl (C=O) groups excluding carboxylic acids is 1. The predicted molar refractivity (Wildman–Crippen MR) is 56.1 cm³/mol. The molecule has 0 saturated carbocycles. The molecular formula is C10H11O4P. The molecule has 2 rings (SSSR count). The number of hydrogen-bond donors (Lipinski definition) is 0. The second-order valence-corrected chi connectivity index (χ2v) is 4.27. The van der Waals surface area contributed by atoms with Gasteiger partial charge in [0.25, 0.3) is 0 Å². The van der Waals surface area contributed by atoms with E-state index >= 15 is 0 Å². The van der Waals surface area contributed by atoms with Crippen molar-refractivity contribution in [1.29, 1.82) is 0 Å². The lowest BCUT2D eigenvalue weighted by Crippen LogP contribution is -2.10. The highest BCUT2D eigenvalue weighted by molar-refractivity contribution is 7.49. The van der Waals surface area contributed by atoms with Crippen LogP contribution in [0.5, 0.6) is 11.5 Å². The molecule has 4 nitrogen and oxygen atoms in total. The number of hydrogen-bond acceptors (Lipinski definition) is 4. The van der Waals surface area contributed by atoms with Gasteiger partial charge in [-0.15, -0.1) is 0 Å². The molecule has 0 aliphatic carbocycles. The molecule has 0 saturated heterocycles. The SMILES string of the molecule is CCOC(=O)CP1Oc2ccccc2O1. The molecule has 1 aliphatic rings. The van der Waals surface area contributed by atoms with Gasteiger partial charge in [-0.1, -0.05) is 12.1 Å². The topological polar surface area (TPSA) is 44.8 Å². The minimum Gasteiger partial charge on any atom is -0.466 e. The highest BCUT2D eigenvalue weighted by Crippen LogP contribution is 2.51. The molecule has 0 amide bonds. The molecule has 15 heavy (non-hydrogen) atoms. The number of benzene rings is 1. The van der Waals surface area contributed by atoms with Gasteiger partial charge in [0.05, 0.1) is 6.61 Å². The molecule has 1 aromatic rings. The standard InChI is InChI=1S/C10H11O4P/c1-2-12-10(11)7-15-13-8-5-3-4-6-9(8)14-15/h3-6H,2,7H2,1H3. The highest BCUT2D eigenvalue weighted by atomic mass is 31.2. The summed E-state index contributed by atoms with van der Waals surface area (Å²) in [4.78, 5) is 11.2. The van der Waals surface area contributed by atoms with Crippen molar-refractivity contribution in [3.05, 3.63) is 24.3 Å². The van der Waals surface area contributed by atoms with E-state index in [4.69, 9.17) is 13.8 Å². The number of fused-ring (bicyclic) bond motifs is 1. The van der Waals surface area contributed by atoms with E-state index in [0.29, 0.717) is 18.1 Å². The van der Waals surface area contributed by atoms with Gasteiger partial charge in [-0.25, -0.2) is 0 Å². The molecule has 0 unspecified atom stereocenters. The first kappa shape index (κ1) is 10.2. The number of ether oxygens (including phenoxy) is 1. The molecule has 0 radical (unpaired) electrons. The van der Waals surface area contributed by atoms with Crippen LogP contribution in [0.4, 0.5) is 0 Å². The van der Waals surface area contributed by atoms with Gasteiger partial charge in [0.2, 0.25) is 0 Å². The van der Waals surface area contributed by atoms with Crippen LogP contribution >= 0.6 is 8.38 Å². The molecule has 1 aliphatic heterocycles. The first-order valence-electron chi connectivity index (χ1n) is 4.67. The van der Waals surface area contributed by atoms with Crippen molar-refractivity contribution in [3.8, 4) is 11.5 Å². The van der Waals surface area contributed by atoms with Crippen molar-refractivity contribution in [3.63, 3.8) is 0 Å².